The first-order valence-electron chi connectivity index (χ1n) is 6.72. The number of halogens is 1. The number of benzene rings is 2. The molecule has 1 heterocycles. The van der Waals surface area contributed by atoms with Gasteiger partial charge in [-0.2, -0.15) is 0 Å². The first-order chi connectivity index (χ1) is 10.1. The SMILES string of the molecule is COc1ccc2c(c1)OC(c1cc(C)ccc1F)CC2=O. The number of carbonyl (C=O) groups is 1. The zero-order chi connectivity index (χ0) is 15.0. The van der Waals surface area contributed by atoms with E-state index in [1.807, 2.05) is 6.92 Å². The summed E-state index contributed by atoms with van der Waals surface area (Å²) in [6.45, 7) is 1.88. The quantitative estimate of drug-likeness (QED) is 0.841. The van der Waals surface area contributed by atoms with Crippen LogP contribution in [0.5, 0.6) is 11.5 Å². The number of Topliss-reactive ketones (excluding diaryl/α,β-unsaturated/α-hetero) is 1. The van der Waals surface area contributed by atoms with E-state index < -0.39 is 6.10 Å². The van der Waals surface area contributed by atoms with Gasteiger partial charge >= 0.3 is 0 Å². The number of methoxy groups -OCH3 is 1. The topological polar surface area (TPSA) is 35.5 Å². The summed E-state index contributed by atoms with van der Waals surface area (Å²) in [6.07, 6.45) is -0.461. The van der Waals surface area contributed by atoms with Gasteiger partial charge in [-0.25, -0.2) is 4.39 Å². The van der Waals surface area contributed by atoms with Crippen molar-refractivity contribution < 1.29 is 18.7 Å². The molecule has 2 aromatic carbocycles. The van der Waals surface area contributed by atoms with Crippen LogP contribution in [0.25, 0.3) is 0 Å². The molecule has 0 saturated heterocycles. The molecule has 2 aromatic rings. The van der Waals surface area contributed by atoms with Gasteiger partial charge in [-0.3, -0.25) is 4.79 Å². The number of carbonyl (C=O) groups excluding carboxylic acids is 1. The van der Waals surface area contributed by atoms with E-state index in [-0.39, 0.29) is 18.0 Å². The zero-order valence-electron chi connectivity index (χ0n) is 11.9. The molecule has 0 aliphatic carbocycles. The van der Waals surface area contributed by atoms with E-state index in [1.165, 1.54) is 6.07 Å². The Morgan fingerprint density at radius 1 is 1.24 bits per heavy atom. The van der Waals surface area contributed by atoms with Gasteiger partial charge in [0.15, 0.2) is 5.78 Å². The Hall–Kier alpha value is -2.36. The van der Waals surface area contributed by atoms with Crippen molar-refractivity contribution in [3.05, 3.63) is 58.9 Å². The lowest BCUT2D eigenvalue weighted by atomic mass is 9.95. The van der Waals surface area contributed by atoms with Crippen molar-refractivity contribution in [2.24, 2.45) is 0 Å². The minimum Gasteiger partial charge on any atom is -0.497 e. The molecule has 1 atom stereocenters. The van der Waals surface area contributed by atoms with E-state index in [2.05, 4.69) is 0 Å². The fourth-order valence-corrected chi connectivity index (χ4v) is 2.51. The Morgan fingerprint density at radius 2 is 2.05 bits per heavy atom. The Bertz CT molecular complexity index is 709. The monoisotopic (exact) mass is 286 g/mol. The van der Waals surface area contributed by atoms with Crippen molar-refractivity contribution in [3.8, 4) is 11.5 Å². The van der Waals surface area contributed by atoms with E-state index >= 15 is 0 Å². The van der Waals surface area contributed by atoms with E-state index in [0.29, 0.717) is 22.6 Å². The highest BCUT2D eigenvalue weighted by Crippen LogP contribution is 2.37. The largest absolute Gasteiger partial charge is 0.497 e. The van der Waals surface area contributed by atoms with Gasteiger partial charge < -0.3 is 9.47 Å². The van der Waals surface area contributed by atoms with Gasteiger partial charge in [0.25, 0.3) is 0 Å². The van der Waals surface area contributed by atoms with Crippen molar-refractivity contribution >= 4 is 5.78 Å². The summed E-state index contributed by atoms with van der Waals surface area (Å²) < 4.78 is 24.9. The van der Waals surface area contributed by atoms with Gasteiger partial charge in [0.1, 0.15) is 23.4 Å². The Balaban J connectivity index is 2.01. The van der Waals surface area contributed by atoms with Crippen LogP contribution in [-0.2, 0) is 0 Å². The number of hydrogen-bond acceptors (Lipinski definition) is 3. The fourth-order valence-electron chi connectivity index (χ4n) is 2.51. The molecule has 0 fully saturated rings. The molecule has 1 aliphatic heterocycles. The van der Waals surface area contributed by atoms with Gasteiger partial charge in [0.05, 0.1) is 19.1 Å². The number of fused-ring (bicyclic) bond motifs is 1. The summed E-state index contributed by atoms with van der Waals surface area (Å²) in [6, 6.07) is 9.87. The standard InChI is InChI=1S/C17H15FO3/c1-10-3-6-14(18)13(7-10)17-9-15(19)12-5-4-11(20-2)8-16(12)21-17/h3-8,17H,9H2,1-2H3. The average Bonchev–Trinajstić information content (AvgIpc) is 2.49. The lowest BCUT2D eigenvalue weighted by Gasteiger charge is -2.26. The van der Waals surface area contributed by atoms with Crippen LogP contribution in [0.3, 0.4) is 0 Å². The molecule has 1 aliphatic rings. The third-order valence-electron chi connectivity index (χ3n) is 3.63. The van der Waals surface area contributed by atoms with E-state index in [4.69, 9.17) is 9.47 Å². The molecule has 0 spiro atoms. The van der Waals surface area contributed by atoms with Gasteiger partial charge in [0, 0.05) is 11.6 Å². The second kappa shape index (κ2) is 5.20. The van der Waals surface area contributed by atoms with Gasteiger partial charge in [-0.05, 0) is 31.2 Å². The van der Waals surface area contributed by atoms with E-state index in [1.54, 1.807) is 37.4 Å². The molecule has 0 saturated carbocycles. The Morgan fingerprint density at radius 3 is 2.81 bits per heavy atom. The minimum atomic E-state index is -0.600. The van der Waals surface area contributed by atoms with Gasteiger partial charge in [-0.15, -0.1) is 0 Å². The smallest absolute Gasteiger partial charge is 0.170 e. The van der Waals surface area contributed by atoms with Crippen molar-refractivity contribution in [2.45, 2.75) is 19.4 Å². The molecule has 0 radical (unpaired) electrons. The molecule has 0 aromatic heterocycles. The Labute approximate surface area is 122 Å². The molecule has 4 heteroatoms. The molecule has 0 N–H and O–H groups in total. The van der Waals surface area contributed by atoms with Crippen LogP contribution in [0.4, 0.5) is 4.39 Å². The first-order valence-corrected chi connectivity index (χ1v) is 6.72. The summed E-state index contributed by atoms with van der Waals surface area (Å²) in [5.41, 5.74) is 1.86. The number of ether oxygens (including phenoxy) is 2. The molecule has 3 nitrogen and oxygen atoms in total. The van der Waals surface area contributed by atoms with Crippen molar-refractivity contribution in [2.75, 3.05) is 7.11 Å². The normalized spacial score (nSPS) is 17.1. The summed E-state index contributed by atoms with van der Waals surface area (Å²) >= 11 is 0. The number of ketones is 1. The maximum Gasteiger partial charge on any atom is 0.170 e. The number of aryl methyl sites for hydroxylation is 1. The molecular formula is C17H15FO3. The second-order valence-electron chi connectivity index (χ2n) is 5.12. The highest BCUT2D eigenvalue weighted by Gasteiger charge is 2.29. The second-order valence-corrected chi connectivity index (χ2v) is 5.12. The summed E-state index contributed by atoms with van der Waals surface area (Å²) in [5, 5.41) is 0. The lowest BCUT2D eigenvalue weighted by Crippen LogP contribution is -2.21. The minimum absolute atomic E-state index is 0.0511. The van der Waals surface area contributed by atoms with Crippen LogP contribution >= 0.6 is 0 Å². The summed E-state index contributed by atoms with van der Waals surface area (Å²) in [5.74, 6) is 0.637. The molecular weight excluding hydrogens is 271 g/mol. The third-order valence-corrected chi connectivity index (χ3v) is 3.63. The zero-order valence-corrected chi connectivity index (χ0v) is 11.9. The van der Waals surface area contributed by atoms with E-state index in [9.17, 15) is 9.18 Å². The summed E-state index contributed by atoms with van der Waals surface area (Å²) in [4.78, 5) is 12.2. The predicted octanol–water partition coefficient (Wildman–Crippen LogP) is 3.85. The molecule has 0 amide bonds. The molecule has 21 heavy (non-hydrogen) atoms. The van der Waals surface area contributed by atoms with E-state index in [0.717, 1.165) is 5.56 Å². The highest BCUT2D eigenvalue weighted by molar-refractivity contribution is 6.00. The van der Waals surface area contributed by atoms with Crippen molar-refractivity contribution in [1.82, 2.24) is 0 Å². The molecule has 1 unspecified atom stereocenters. The maximum absolute atomic E-state index is 14.0. The fraction of sp³-hybridized carbons (Fsp3) is 0.235. The van der Waals surface area contributed by atoms with Crippen molar-refractivity contribution in [3.63, 3.8) is 0 Å². The lowest BCUT2D eigenvalue weighted by molar-refractivity contribution is 0.0845. The molecule has 0 bridgehead atoms. The number of rotatable bonds is 2. The van der Waals surface area contributed by atoms with Crippen LogP contribution in [-0.4, -0.2) is 12.9 Å². The molecule has 108 valence electrons. The molecule has 3 rings (SSSR count). The predicted molar refractivity (Wildman–Crippen MR) is 76.4 cm³/mol. The van der Waals surface area contributed by atoms with Crippen LogP contribution in [0.15, 0.2) is 36.4 Å². The highest BCUT2D eigenvalue weighted by atomic mass is 19.1. The number of hydrogen-bond donors (Lipinski definition) is 0. The van der Waals surface area contributed by atoms with Crippen LogP contribution in [0.2, 0.25) is 0 Å². The van der Waals surface area contributed by atoms with Gasteiger partial charge in [0.2, 0.25) is 0 Å². The first kappa shape index (κ1) is 13.6. The van der Waals surface area contributed by atoms with Crippen LogP contribution < -0.4 is 9.47 Å². The third kappa shape index (κ3) is 2.49. The maximum atomic E-state index is 14.0. The van der Waals surface area contributed by atoms with Crippen LogP contribution in [0, 0.1) is 12.7 Å². The Kier molecular flexibility index (Phi) is 3.37. The average molecular weight is 286 g/mol. The summed E-state index contributed by atoms with van der Waals surface area (Å²) in [7, 11) is 1.55. The van der Waals surface area contributed by atoms with Crippen LogP contribution in [0.1, 0.15) is 34.0 Å². The van der Waals surface area contributed by atoms with Crippen molar-refractivity contribution in [1.29, 1.82) is 0 Å². The van der Waals surface area contributed by atoms with Gasteiger partial charge in [-0.1, -0.05) is 11.6 Å².